The molecule has 0 bridgehead atoms. The molecule has 1 aliphatic carbocycles. The van der Waals surface area contributed by atoms with E-state index in [-0.39, 0.29) is 30.8 Å². The molecule has 0 radical (unpaired) electrons. The van der Waals surface area contributed by atoms with E-state index in [1.807, 2.05) is 35.2 Å². The second-order valence-electron chi connectivity index (χ2n) is 7.94. The molecular weight excluding hydrogens is 378 g/mol. The zero-order valence-electron chi connectivity index (χ0n) is 16.3. The van der Waals surface area contributed by atoms with Crippen molar-refractivity contribution in [1.82, 2.24) is 20.4 Å². The van der Waals surface area contributed by atoms with Crippen molar-refractivity contribution in [2.45, 2.75) is 69.5 Å². The molecule has 8 heteroatoms. The molecule has 2 fully saturated rings. The molecule has 2 aromatic rings. The Bertz CT molecular complexity index is 817. The average molecular weight is 404 g/mol. The molecule has 1 saturated carbocycles. The van der Waals surface area contributed by atoms with Crippen molar-refractivity contribution < 1.29 is 18.1 Å². The number of nitrogens with one attached hydrogen (secondary N) is 1. The minimum atomic E-state index is -2.53. The minimum Gasteiger partial charge on any atom is -0.337 e. The lowest BCUT2D eigenvalue weighted by Gasteiger charge is -2.28. The normalized spacial score (nSPS) is 22.3. The van der Waals surface area contributed by atoms with Gasteiger partial charge in [-0.3, -0.25) is 4.79 Å². The van der Waals surface area contributed by atoms with Crippen molar-refractivity contribution in [2.75, 3.05) is 6.54 Å². The lowest BCUT2D eigenvalue weighted by molar-refractivity contribution is -0.129. The number of carbonyl (C=O) groups excluding carboxylic acids is 1. The van der Waals surface area contributed by atoms with E-state index in [2.05, 4.69) is 15.5 Å². The fraction of sp³-hybridized carbons (Fsp3) is 0.571. The molecular formula is C21H26F2N4O2. The lowest BCUT2D eigenvalue weighted by atomic mass is 9.92. The van der Waals surface area contributed by atoms with Crippen LogP contribution in [-0.4, -0.2) is 39.5 Å². The number of rotatable bonds is 7. The van der Waals surface area contributed by atoms with Crippen LogP contribution >= 0.6 is 0 Å². The van der Waals surface area contributed by atoms with Gasteiger partial charge in [-0.1, -0.05) is 35.5 Å². The highest BCUT2D eigenvalue weighted by Crippen LogP contribution is 2.34. The van der Waals surface area contributed by atoms with Gasteiger partial charge in [0.15, 0.2) is 5.82 Å². The van der Waals surface area contributed by atoms with Gasteiger partial charge in [0.2, 0.25) is 17.7 Å². The van der Waals surface area contributed by atoms with Crippen LogP contribution in [0.1, 0.15) is 61.8 Å². The second kappa shape index (κ2) is 8.57. The molecule has 156 valence electrons. The van der Waals surface area contributed by atoms with Gasteiger partial charge in [-0.25, -0.2) is 8.78 Å². The van der Waals surface area contributed by atoms with E-state index < -0.39 is 5.92 Å². The summed E-state index contributed by atoms with van der Waals surface area (Å²) in [5.41, 5.74) is 1.18. The summed E-state index contributed by atoms with van der Waals surface area (Å²) < 4.78 is 32.0. The van der Waals surface area contributed by atoms with Gasteiger partial charge in [-0.15, -0.1) is 0 Å². The molecule has 2 aliphatic rings. The second-order valence-corrected chi connectivity index (χ2v) is 7.94. The minimum absolute atomic E-state index is 0.0482. The lowest BCUT2D eigenvalue weighted by Crippen LogP contribution is -2.36. The summed E-state index contributed by atoms with van der Waals surface area (Å²) in [6, 6.07) is 9.90. The van der Waals surface area contributed by atoms with Crippen LogP contribution < -0.4 is 5.32 Å². The number of hydrogen-bond donors (Lipinski definition) is 1. The van der Waals surface area contributed by atoms with Gasteiger partial charge in [0, 0.05) is 31.8 Å². The molecule has 6 nitrogen and oxygen atoms in total. The quantitative estimate of drug-likeness (QED) is 0.763. The highest BCUT2D eigenvalue weighted by molar-refractivity contribution is 5.78. The Morgan fingerprint density at radius 3 is 2.69 bits per heavy atom. The molecule has 1 aromatic carbocycles. The Morgan fingerprint density at radius 2 is 1.93 bits per heavy atom. The monoisotopic (exact) mass is 404 g/mol. The molecule has 1 aromatic heterocycles. The Balaban J connectivity index is 1.32. The van der Waals surface area contributed by atoms with Crippen molar-refractivity contribution >= 4 is 5.91 Å². The van der Waals surface area contributed by atoms with Crippen molar-refractivity contribution in [3.05, 3.63) is 47.6 Å². The summed E-state index contributed by atoms with van der Waals surface area (Å²) in [5.74, 6) is -1.47. The van der Waals surface area contributed by atoms with Crippen LogP contribution in [-0.2, 0) is 17.8 Å². The summed E-state index contributed by atoms with van der Waals surface area (Å²) in [5, 5.41) is 7.26. The van der Waals surface area contributed by atoms with E-state index in [0.29, 0.717) is 50.5 Å². The maximum Gasteiger partial charge on any atom is 0.249 e. The molecule has 1 saturated heterocycles. The van der Waals surface area contributed by atoms with E-state index in [1.165, 1.54) is 5.56 Å². The molecule has 4 rings (SSSR count). The number of amides is 1. The number of likely N-dealkylation sites (tertiary alicyclic amines) is 1. The van der Waals surface area contributed by atoms with Crippen LogP contribution in [0.25, 0.3) is 0 Å². The topological polar surface area (TPSA) is 71.3 Å². The van der Waals surface area contributed by atoms with Gasteiger partial charge < -0.3 is 14.7 Å². The molecule has 1 aliphatic heterocycles. The largest absolute Gasteiger partial charge is 0.337 e. The number of nitrogens with zero attached hydrogens (tertiary/aromatic N) is 3. The Labute approximate surface area is 168 Å². The van der Waals surface area contributed by atoms with Gasteiger partial charge in [0.05, 0.1) is 6.54 Å². The predicted octanol–water partition coefficient (Wildman–Crippen LogP) is 3.64. The van der Waals surface area contributed by atoms with Crippen LogP contribution in [0, 0.1) is 0 Å². The Morgan fingerprint density at radius 1 is 1.17 bits per heavy atom. The highest BCUT2D eigenvalue weighted by Gasteiger charge is 2.36. The zero-order chi connectivity index (χ0) is 20.3. The van der Waals surface area contributed by atoms with Gasteiger partial charge in [-0.05, 0) is 31.2 Å². The van der Waals surface area contributed by atoms with Crippen LogP contribution in [0.5, 0.6) is 0 Å². The van der Waals surface area contributed by atoms with Crippen LogP contribution in [0.4, 0.5) is 8.78 Å². The fourth-order valence-electron chi connectivity index (χ4n) is 4.12. The molecule has 1 atom stereocenters. The molecule has 1 amide bonds. The van der Waals surface area contributed by atoms with E-state index in [1.54, 1.807) is 0 Å². The first-order valence-electron chi connectivity index (χ1n) is 10.3. The van der Waals surface area contributed by atoms with Crippen molar-refractivity contribution in [2.24, 2.45) is 0 Å². The Hall–Kier alpha value is -2.35. The average Bonchev–Trinajstić information content (AvgIpc) is 3.33. The number of benzene rings is 1. The molecule has 1 N–H and O–H groups in total. The van der Waals surface area contributed by atoms with Gasteiger partial charge in [0.25, 0.3) is 0 Å². The highest BCUT2D eigenvalue weighted by atomic mass is 19.3. The number of hydrogen-bond acceptors (Lipinski definition) is 5. The van der Waals surface area contributed by atoms with Crippen molar-refractivity contribution in [1.29, 1.82) is 0 Å². The maximum absolute atomic E-state index is 13.3. The zero-order valence-corrected chi connectivity index (χ0v) is 16.3. The van der Waals surface area contributed by atoms with Crippen LogP contribution in [0.2, 0.25) is 0 Å². The summed E-state index contributed by atoms with van der Waals surface area (Å²) >= 11 is 0. The summed E-state index contributed by atoms with van der Waals surface area (Å²) in [4.78, 5) is 18.6. The van der Waals surface area contributed by atoms with E-state index in [4.69, 9.17) is 4.52 Å². The first-order valence-corrected chi connectivity index (χ1v) is 10.3. The third kappa shape index (κ3) is 4.98. The summed E-state index contributed by atoms with van der Waals surface area (Å²) in [7, 11) is 0. The molecule has 0 spiro atoms. The standard InChI is InChI=1S/C21H26F2N4O2/c22-21(23)11-8-16(9-12-21)24-14-18-25-20(29-26-18)17-6-7-19(28)27(17)13-10-15-4-2-1-3-5-15/h1-5,16-17,24H,6-14H2/t17-/m0/s1. The first kappa shape index (κ1) is 19.9. The van der Waals surface area contributed by atoms with Crippen LogP contribution in [0.15, 0.2) is 34.9 Å². The van der Waals surface area contributed by atoms with Crippen molar-refractivity contribution in [3.8, 4) is 0 Å². The van der Waals surface area contributed by atoms with E-state index in [9.17, 15) is 13.6 Å². The number of alkyl halides is 2. The van der Waals surface area contributed by atoms with Gasteiger partial charge >= 0.3 is 0 Å². The Kier molecular flexibility index (Phi) is 5.89. The van der Waals surface area contributed by atoms with Crippen molar-refractivity contribution in [3.63, 3.8) is 0 Å². The number of halogens is 2. The van der Waals surface area contributed by atoms with E-state index >= 15 is 0 Å². The summed E-state index contributed by atoms with van der Waals surface area (Å²) in [6.45, 7) is 0.990. The van der Waals surface area contributed by atoms with Gasteiger partial charge in [-0.2, -0.15) is 4.98 Å². The number of carbonyl (C=O) groups is 1. The third-order valence-electron chi connectivity index (χ3n) is 5.85. The predicted molar refractivity (Wildman–Crippen MR) is 102 cm³/mol. The van der Waals surface area contributed by atoms with Crippen LogP contribution in [0.3, 0.4) is 0 Å². The molecule has 0 unspecified atom stereocenters. The smallest absolute Gasteiger partial charge is 0.249 e. The van der Waals surface area contributed by atoms with E-state index in [0.717, 1.165) is 6.42 Å². The third-order valence-corrected chi connectivity index (χ3v) is 5.85. The molecule has 2 heterocycles. The van der Waals surface area contributed by atoms with Gasteiger partial charge in [0.1, 0.15) is 6.04 Å². The summed E-state index contributed by atoms with van der Waals surface area (Å²) in [6.07, 6.45) is 2.65. The maximum atomic E-state index is 13.3. The SMILES string of the molecule is O=C1CC[C@@H](c2nc(CNC3CCC(F)(F)CC3)no2)N1CCc1ccccc1. The first-order chi connectivity index (χ1) is 14.0. The fourth-order valence-corrected chi connectivity index (χ4v) is 4.12. The molecule has 29 heavy (non-hydrogen) atoms. The number of aromatic nitrogens is 2.